The number of hydrogen-bond acceptors (Lipinski definition) is 3. The summed E-state index contributed by atoms with van der Waals surface area (Å²) in [6.07, 6.45) is 0. The van der Waals surface area contributed by atoms with Gasteiger partial charge in [0.15, 0.2) is 11.6 Å². The molecule has 0 saturated heterocycles. The molecule has 3 rings (SSSR count). The largest absolute Gasteiger partial charge is 0.508 e. The minimum atomic E-state index is -0.361. The summed E-state index contributed by atoms with van der Waals surface area (Å²) in [7, 11) is 0. The van der Waals surface area contributed by atoms with Crippen LogP contribution in [0.3, 0.4) is 0 Å². The van der Waals surface area contributed by atoms with Crippen LogP contribution in [0.4, 0.5) is 0 Å². The number of hydrogen-bond donors (Lipinski definition) is 3. The van der Waals surface area contributed by atoms with Crippen LogP contribution in [0.2, 0.25) is 0 Å². The summed E-state index contributed by atoms with van der Waals surface area (Å²) in [5, 5.41) is 10.6. The molecule has 146 valence electrons. The number of nitrogens with one attached hydrogen (secondary N) is 2. The molecule has 5 heteroatoms. The Morgan fingerprint density at radius 2 is 1.25 bits per heavy atom. The standard InChI is InChI=1S/C23H26N2O3/c1-11-19(15(5)26)13(3)24-22(11)21(17-9-7-8-10-18(17)28)23-12(2)20(16(6)27)14(4)25-23/h7-10,21,24-25,28H,1-6H3. The van der Waals surface area contributed by atoms with Gasteiger partial charge in [0.05, 0.1) is 5.92 Å². The third kappa shape index (κ3) is 3.07. The number of aromatic nitrogens is 2. The number of phenolic OH excluding ortho intramolecular Hbond substituents is 1. The molecule has 0 fully saturated rings. The third-order valence-electron chi connectivity index (χ3n) is 5.48. The highest BCUT2D eigenvalue weighted by Gasteiger charge is 2.30. The van der Waals surface area contributed by atoms with E-state index < -0.39 is 0 Å². The van der Waals surface area contributed by atoms with Crippen LogP contribution in [0.25, 0.3) is 0 Å². The fourth-order valence-electron chi connectivity index (χ4n) is 4.37. The summed E-state index contributed by atoms with van der Waals surface area (Å²) in [5.41, 5.74) is 7.03. The predicted octanol–water partition coefficient (Wildman–Crippen LogP) is 4.87. The van der Waals surface area contributed by atoms with Crippen LogP contribution in [0.5, 0.6) is 5.75 Å². The Hall–Kier alpha value is -3.08. The first-order valence-corrected chi connectivity index (χ1v) is 9.33. The second kappa shape index (κ2) is 7.15. The van der Waals surface area contributed by atoms with Gasteiger partial charge in [-0.15, -0.1) is 0 Å². The molecule has 0 aliphatic carbocycles. The first-order chi connectivity index (χ1) is 13.1. The van der Waals surface area contributed by atoms with Gasteiger partial charge in [-0.3, -0.25) is 9.59 Å². The number of carbonyl (C=O) groups excluding carboxylic acids is 2. The molecule has 5 nitrogen and oxygen atoms in total. The van der Waals surface area contributed by atoms with Gasteiger partial charge in [0.1, 0.15) is 5.75 Å². The van der Waals surface area contributed by atoms with Crippen molar-refractivity contribution in [1.82, 2.24) is 9.97 Å². The van der Waals surface area contributed by atoms with Crippen molar-refractivity contribution in [1.29, 1.82) is 0 Å². The monoisotopic (exact) mass is 378 g/mol. The molecule has 0 radical (unpaired) electrons. The molecular weight excluding hydrogens is 352 g/mol. The lowest BCUT2D eigenvalue weighted by molar-refractivity contribution is 0.100. The number of aromatic amines is 2. The molecule has 0 spiro atoms. The van der Waals surface area contributed by atoms with E-state index in [4.69, 9.17) is 0 Å². The topological polar surface area (TPSA) is 85.9 Å². The molecule has 3 N–H and O–H groups in total. The molecule has 0 aliphatic rings. The third-order valence-corrected chi connectivity index (χ3v) is 5.48. The van der Waals surface area contributed by atoms with Crippen LogP contribution in [0.15, 0.2) is 24.3 Å². The number of para-hydroxylation sites is 1. The van der Waals surface area contributed by atoms with E-state index in [9.17, 15) is 14.7 Å². The Kier molecular flexibility index (Phi) is 5.02. The molecule has 0 saturated carbocycles. The van der Waals surface area contributed by atoms with Gasteiger partial charge in [-0.05, 0) is 58.7 Å². The highest BCUT2D eigenvalue weighted by atomic mass is 16.3. The smallest absolute Gasteiger partial charge is 0.161 e. The van der Waals surface area contributed by atoms with Crippen molar-refractivity contribution in [2.75, 3.05) is 0 Å². The zero-order valence-corrected chi connectivity index (χ0v) is 17.2. The highest BCUT2D eigenvalue weighted by Crippen LogP contribution is 2.41. The lowest BCUT2D eigenvalue weighted by Crippen LogP contribution is -2.09. The van der Waals surface area contributed by atoms with Crippen LogP contribution in [-0.4, -0.2) is 26.6 Å². The van der Waals surface area contributed by atoms with Gasteiger partial charge in [-0.1, -0.05) is 18.2 Å². The van der Waals surface area contributed by atoms with Crippen LogP contribution in [0.1, 0.15) is 79.9 Å². The summed E-state index contributed by atoms with van der Waals surface area (Å²) in [4.78, 5) is 31.0. The zero-order valence-electron chi connectivity index (χ0n) is 17.2. The summed E-state index contributed by atoms with van der Waals surface area (Å²) < 4.78 is 0. The van der Waals surface area contributed by atoms with Gasteiger partial charge in [-0.25, -0.2) is 0 Å². The Balaban J connectivity index is 2.35. The second-order valence-electron chi connectivity index (χ2n) is 7.43. The number of benzene rings is 1. The molecule has 0 atom stereocenters. The fourth-order valence-corrected chi connectivity index (χ4v) is 4.37. The van der Waals surface area contributed by atoms with Crippen LogP contribution in [-0.2, 0) is 0 Å². The molecule has 0 unspecified atom stereocenters. The van der Waals surface area contributed by atoms with Gasteiger partial charge in [-0.2, -0.15) is 0 Å². The summed E-state index contributed by atoms with van der Waals surface area (Å²) in [6.45, 7) is 10.7. The number of ketones is 2. The van der Waals surface area contributed by atoms with Crippen LogP contribution >= 0.6 is 0 Å². The number of Topliss-reactive ketones (excluding diaryl/α,β-unsaturated/α-hetero) is 2. The molecule has 3 aromatic rings. The van der Waals surface area contributed by atoms with Crippen molar-refractivity contribution in [3.8, 4) is 5.75 Å². The maximum Gasteiger partial charge on any atom is 0.161 e. The van der Waals surface area contributed by atoms with E-state index in [0.717, 1.165) is 33.9 Å². The maximum atomic E-state index is 12.2. The Morgan fingerprint density at radius 1 is 0.821 bits per heavy atom. The average molecular weight is 378 g/mol. The summed E-state index contributed by atoms with van der Waals surface area (Å²) in [5.74, 6) is -0.200. The molecule has 2 aromatic heterocycles. The van der Waals surface area contributed by atoms with Crippen molar-refractivity contribution >= 4 is 11.6 Å². The van der Waals surface area contributed by atoms with Crippen molar-refractivity contribution in [2.45, 2.75) is 47.5 Å². The molecule has 28 heavy (non-hydrogen) atoms. The van der Waals surface area contributed by atoms with Gasteiger partial charge in [0.2, 0.25) is 0 Å². The van der Waals surface area contributed by atoms with E-state index >= 15 is 0 Å². The zero-order chi connectivity index (χ0) is 20.7. The van der Waals surface area contributed by atoms with Crippen molar-refractivity contribution < 1.29 is 14.7 Å². The van der Waals surface area contributed by atoms with E-state index in [1.807, 2.05) is 39.8 Å². The van der Waals surface area contributed by atoms with Gasteiger partial charge >= 0.3 is 0 Å². The Morgan fingerprint density at radius 3 is 1.61 bits per heavy atom. The van der Waals surface area contributed by atoms with Crippen molar-refractivity contribution in [2.24, 2.45) is 0 Å². The van der Waals surface area contributed by atoms with E-state index in [-0.39, 0.29) is 23.2 Å². The Bertz CT molecular complexity index is 1020. The van der Waals surface area contributed by atoms with E-state index in [1.165, 1.54) is 0 Å². The molecular formula is C23H26N2O3. The number of aryl methyl sites for hydroxylation is 2. The number of aromatic hydroxyl groups is 1. The molecule has 0 bridgehead atoms. The lowest BCUT2D eigenvalue weighted by atomic mass is 9.86. The van der Waals surface area contributed by atoms with Crippen molar-refractivity contribution in [3.05, 3.63) is 74.9 Å². The van der Waals surface area contributed by atoms with Gasteiger partial charge in [0.25, 0.3) is 0 Å². The van der Waals surface area contributed by atoms with Crippen LogP contribution < -0.4 is 0 Å². The van der Waals surface area contributed by atoms with Gasteiger partial charge < -0.3 is 15.1 Å². The number of H-pyrrole nitrogens is 2. The number of rotatable bonds is 5. The normalized spacial score (nSPS) is 11.2. The molecule has 2 heterocycles. The first-order valence-electron chi connectivity index (χ1n) is 9.33. The predicted molar refractivity (Wildman–Crippen MR) is 110 cm³/mol. The summed E-state index contributed by atoms with van der Waals surface area (Å²) >= 11 is 0. The Labute approximate surface area is 164 Å². The number of phenols is 1. The lowest BCUT2D eigenvalue weighted by Gasteiger charge is -2.19. The highest BCUT2D eigenvalue weighted by molar-refractivity contribution is 5.98. The molecule has 1 aromatic carbocycles. The summed E-state index contributed by atoms with van der Waals surface area (Å²) in [6, 6.07) is 7.16. The first kappa shape index (κ1) is 19.7. The average Bonchev–Trinajstić information content (AvgIpc) is 3.05. The minimum Gasteiger partial charge on any atom is -0.508 e. The van der Waals surface area contributed by atoms with Crippen molar-refractivity contribution in [3.63, 3.8) is 0 Å². The number of carbonyl (C=O) groups is 2. The van der Waals surface area contributed by atoms with E-state index in [1.54, 1.807) is 26.0 Å². The SMILES string of the molecule is CC(=O)c1c(C)[nH]c(C(c2ccccc2O)c2[nH]c(C)c(C(C)=O)c2C)c1C. The van der Waals surface area contributed by atoms with E-state index in [2.05, 4.69) is 9.97 Å². The van der Waals surface area contributed by atoms with Gasteiger partial charge in [0, 0.05) is 39.5 Å². The minimum absolute atomic E-state index is 0.00246. The fraction of sp³-hybridized carbons (Fsp3) is 0.304. The quantitative estimate of drug-likeness (QED) is 0.554. The maximum absolute atomic E-state index is 12.2. The van der Waals surface area contributed by atoms with E-state index in [0.29, 0.717) is 16.7 Å². The van der Waals surface area contributed by atoms with Crippen LogP contribution in [0, 0.1) is 27.7 Å². The second-order valence-corrected chi connectivity index (χ2v) is 7.43. The molecule has 0 aliphatic heterocycles. The molecule has 0 amide bonds.